The van der Waals surface area contributed by atoms with Gasteiger partial charge in [0.05, 0.1) is 12.3 Å². The van der Waals surface area contributed by atoms with Gasteiger partial charge in [-0.15, -0.1) is 0 Å². The fourth-order valence-electron chi connectivity index (χ4n) is 8.62. The molecule has 0 radical (unpaired) electrons. The average molecular weight is 366 g/mol. The van der Waals surface area contributed by atoms with E-state index >= 15 is 0 Å². The SMILES string of the molecule is CC(=O)[N+]1(C2C3CC4CC(C3)CC2C4)CC2(CCNCC2)c2ccccc21. The number of hydrogen-bond donors (Lipinski definition) is 1. The molecule has 1 unspecified atom stereocenters. The maximum atomic E-state index is 13.5. The number of piperidine rings is 1. The van der Waals surface area contributed by atoms with E-state index in [2.05, 4.69) is 29.6 Å². The third-order valence-electron chi connectivity index (χ3n) is 9.27. The molecule has 6 aliphatic rings. The van der Waals surface area contributed by atoms with E-state index in [9.17, 15) is 4.79 Å². The zero-order valence-corrected chi connectivity index (χ0v) is 16.6. The van der Waals surface area contributed by atoms with Crippen LogP contribution >= 0.6 is 0 Å². The predicted molar refractivity (Wildman–Crippen MR) is 108 cm³/mol. The fraction of sp³-hybridized carbons (Fsp3) is 0.708. The Balaban J connectivity index is 1.52. The molecule has 1 N–H and O–H groups in total. The molecule has 1 saturated heterocycles. The van der Waals surface area contributed by atoms with Crippen LogP contribution in [0.3, 0.4) is 0 Å². The molecular formula is C24H33N2O+. The molecule has 27 heavy (non-hydrogen) atoms. The Kier molecular flexibility index (Phi) is 3.51. The number of rotatable bonds is 1. The van der Waals surface area contributed by atoms with E-state index in [1.807, 2.05) is 6.92 Å². The Morgan fingerprint density at radius 2 is 1.63 bits per heavy atom. The van der Waals surface area contributed by atoms with Crippen molar-refractivity contribution in [3.05, 3.63) is 29.8 Å². The zero-order chi connectivity index (χ0) is 18.2. The summed E-state index contributed by atoms with van der Waals surface area (Å²) >= 11 is 0. The van der Waals surface area contributed by atoms with Crippen LogP contribution in [-0.2, 0) is 10.2 Å². The van der Waals surface area contributed by atoms with Crippen molar-refractivity contribution in [3.63, 3.8) is 0 Å². The molecule has 7 rings (SSSR count). The molecule has 3 nitrogen and oxygen atoms in total. The lowest BCUT2D eigenvalue weighted by molar-refractivity contribution is -0.140. The van der Waals surface area contributed by atoms with Gasteiger partial charge in [-0.2, -0.15) is 0 Å². The first-order valence-electron chi connectivity index (χ1n) is 11.3. The summed E-state index contributed by atoms with van der Waals surface area (Å²) in [7, 11) is 0. The molecule has 0 aromatic heterocycles. The van der Waals surface area contributed by atoms with Gasteiger partial charge in [0.15, 0.2) is 0 Å². The van der Waals surface area contributed by atoms with E-state index in [1.54, 1.807) is 0 Å². The molecule has 144 valence electrons. The van der Waals surface area contributed by atoms with Crippen molar-refractivity contribution in [1.82, 2.24) is 9.80 Å². The number of benzene rings is 1. The zero-order valence-electron chi connectivity index (χ0n) is 16.6. The summed E-state index contributed by atoms with van der Waals surface area (Å²) in [5.74, 6) is 3.88. The van der Waals surface area contributed by atoms with Crippen molar-refractivity contribution in [2.75, 3.05) is 19.6 Å². The predicted octanol–water partition coefficient (Wildman–Crippen LogP) is 4.00. The highest BCUT2D eigenvalue weighted by molar-refractivity contribution is 5.90. The molecule has 3 heteroatoms. The lowest BCUT2D eigenvalue weighted by Crippen LogP contribution is -2.69. The molecule has 5 fully saturated rings. The molecule has 1 spiro atoms. The van der Waals surface area contributed by atoms with Crippen LogP contribution in [0.25, 0.3) is 0 Å². The summed E-state index contributed by atoms with van der Waals surface area (Å²) in [4.78, 5) is 13.5. The molecule has 2 heterocycles. The smallest absolute Gasteiger partial charge is 0.315 e. The Hall–Kier alpha value is -1.19. The second kappa shape index (κ2) is 5.67. The molecule has 1 aromatic carbocycles. The fourth-order valence-corrected chi connectivity index (χ4v) is 8.62. The van der Waals surface area contributed by atoms with Gasteiger partial charge in [-0.1, -0.05) is 18.2 Å². The molecule has 4 bridgehead atoms. The maximum absolute atomic E-state index is 13.5. The Bertz CT molecular complexity index is 752. The van der Waals surface area contributed by atoms with Crippen molar-refractivity contribution in [3.8, 4) is 0 Å². The Morgan fingerprint density at radius 1 is 1.00 bits per heavy atom. The molecule has 4 saturated carbocycles. The first kappa shape index (κ1) is 16.7. The van der Waals surface area contributed by atoms with E-state index < -0.39 is 0 Å². The van der Waals surface area contributed by atoms with Gasteiger partial charge in [0.1, 0.15) is 18.3 Å². The van der Waals surface area contributed by atoms with Crippen molar-refractivity contribution < 1.29 is 4.79 Å². The monoisotopic (exact) mass is 365 g/mol. The summed E-state index contributed by atoms with van der Waals surface area (Å²) in [6.07, 6.45) is 9.41. The second-order valence-electron chi connectivity index (χ2n) is 10.5. The van der Waals surface area contributed by atoms with Crippen LogP contribution in [0.2, 0.25) is 0 Å². The number of para-hydroxylation sites is 1. The van der Waals surface area contributed by atoms with Gasteiger partial charge in [-0.05, 0) is 75.9 Å². The van der Waals surface area contributed by atoms with Gasteiger partial charge in [0.25, 0.3) is 0 Å². The van der Waals surface area contributed by atoms with Gasteiger partial charge in [-0.25, -0.2) is 9.28 Å². The molecule has 1 aromatic rings. The summed E-state index contributed by atoms with van der Waals surface area (Å²) in [6, 6.07) is 9.62. The second-order valence-corrected chi connectivity index (χ2v) is 10.5. The van der Waals surface area contributed by atoms with Gasteiger partial charge in [-0.3, -0.25) is 0 Å². The van der Waals surface area contributed by atoms with Gasteiger partial charge >= 0.3 is 5.91 Å². The van der Waals surface area contributed by atoms with Crippen LogP contribution in [0, 0.1) is 23.7 Å². The van der Waals surface area contributed by atoms with Gasteiger partial charge < -0.3 is 5.32 Å². The number of nitrogens with one attached hydrogen (secondary N) is 1. The van der Waals surface area contributed by atoms with E-state index in [-0.39, 0.29) is 5.41 Å². The third kappa shape index (κ3) is 2.13. The maximum Gasteiger partial charge on any atom is 0.315 e. The van der Waals surface area contributed by atoms with Gasteiger partial charge in [0, 0.05) is 17.4 Å². The Labute approximate surface area is 163 Å². The summed E-state index contributed by atoms with van der Waals surface area (Å²) in [6.45, 7) is 5.13. The average Bonchev–Trinajstić information content (AvgIpc) is 2.93. The number of fused-ring (bicyclic) bond motifs is 2. The molecule has 4 aliphatic carbocycles. The van der Waals surface area contributed by atoms with Crippen molar-refractivity contribution in [2.24, 2.45) is 23.7 Å². The summed E-state index contributed by atoms with van der Waals surface area (Å²) in [5, 5.41) is 3.56. The normalized spacial score (nSPS) is 43.8. The highest BCUT2D eigenvalue weighted by Gasteiger charge is 2.65. The standard InChI is InChI=1S/C24H33N2O/c1-16(27)26(23-19-11-17-10-18(13-19)14-20(23)12-17)15-24(6-8-25-9-7-24)21-4-2-3-5-22(21)26/h2-5,17-20,23,25H,6-15H2,1H3/q+1. The van der Waals surface area contributed by atoms with Crippen molar-refractivity contribution in [2.45, 2.75) is 63.3 Å². The molecular weight excluding hydrogens is 332 g/mol. The number of carbonyl (C=O) groups is 1. The number of carbonyl (C=O) groups excluding carboxylic acids is 1. The first-order valence-corrected chi connectivity index (χ1v) is 11.3. The van der Waals surface area contributed by atoms with E-state index in [1.165, 1.54) is 56.2 Å². The molecule has 2 aliphatic heterocycles. The van der Waals surface area contributed by atoms with E-state index in [4.69, 9.17) is 0 Å². The van der Waals surface area contributed by atoms with Crippen molar-refractivity contribution in [1.29, 1.82) is 0 Å². The number of hydrogen-bond acceptors (Lipinski definition) is 2. The molecule has 1 atom stereocenters. The number of nitrogens with zero attached hydrogens (tertiary/aromatic N) is 1. The largest absolute Gasteiger partial charge is 0.317 e. The topological polar surface area (TPSA) is 29.1 Å². The highest BCUT2D eigenvalue weighted by Crippen LogP contribution is 2.61. The number of amides is 1. The third-order valence-corrected chi connectivity index (χ3v) is 9.27. The first-order chi connectivity index (χ1) is 13.1. The lowest BCUT2D eigenvalue weighted by Gasteiger charge is -2.58. The minimum atomic E-state index is 0.210. The Morgan fingerprint density at radius 3 is 2.26 bits per heavy atom. The van der Waals surface area contributed by atoms with Crippen LogP contribution in [0.4, 0.5) is 5.69 Å². The highest BCUT2D eigenvalue weighted by atomic mass is 16.2. The van der Waals surface area contributed by atoms with Gasteiger partial charge in [0.2, 0.25) is 0 Å². The van der Waals surface area contributed by atoms with Crippen LogP contribution in [0.15, 0.2) is 24.3 Å². The van der Waals surface area contributed by atoms with Crippen LogP contribution in [-0.4, -0.2) is 31.6 Å². The number of quaternary nitrogens is 1. The van der Waals surface area contributed by atoms with Crippen LogP contribution < -0.4 is 9.80 Å². The van der Waals surface area contributed by atoms with Crippen molar-refractivity contribution >= 4 is 11.6 Å². The van der Waals surface area contributed by atoms with E-state index in [0.717, 1.165) is 43.3 Å². The summed E-state index contributed by atoms with van der Waals surface area (Å²) < 4.78 is 0.685. The quantitative estimate of drug-likeness (QED) is 0.762. The van der Waals surface area contributed by atoms with E-state index in [0.29, 0.717) is 16.4 Å². The lowest BCUT2D eigenvalue weighted by atomic mass is 9.53. The minimum absolute atomic E-state index is 0.210. The molecule has 1 amide bonds. The minimum Gasteiger partial charge on any atom is -0.317 e. The summed E-state index contributed by atoms with van der Waals surface area (Å²) in [5.41, 5.74) is 3.10. The van der Waals surface area contributed by atoms with Crippen LogP contribution in [0.1, 0.15) is 57.4 Å². The van der Waals surface area contributed by atoms with Crippen LogP contribution in [0.5, 0.6) is 0 Å².